The Morgan fingerprint density at radius 3 is 1.79 bits per heavy atom. The minimum Gasteiger partial charge on any atom is -0.454 e. The molecule has 11 aromatic rings. The van der Waals surface area contributed by atoms with Crippen molar-refractivity contribution in [1.29, 1.82) is 0 Å². The molecule has 0 N–H and O–H groups in total. The Balaban J connectivity index is 1.22. The van der Waals surface area contributed by atoms with Crippen molar-refractivity contribution in [2.75, 3.05) is 0 Å². The van der Waals surface area contributed by atoms with E-state index in [4.69, 9.17) is 8.83 Å². The van der Waals surface area contributed by atoms with Crippen molar-refractivity contribution in [1.82, 2.24) is 9.13 Å². The van der Waals surface area contributed by atoms with E-state index in [1.54, 1.807) is 0 Å². The van der Waals surface area contributed by atoms with Gasteiger partial charge in [0.05, 0.1) is 27.6 Å². The number of hydrogen-bond acceptors (Lipinski definition) is 2. The third kappa shape index (κ3) is 3.38. The number of rotatable bonds is 3. The summed E-state index contributed by atoms with van der Waals surface area (Å²) in [7, 11) is 0. The van der Waals surface area contributed by atoms with Gasteiger partial charge in [-0.1, -0.05) is 103 Å². The first-order valence-corrected chi connectivity index (χ1v) is 16.3. The van der Waals surface area contributed by atoms with E-state index in [-0.39, 0.29) is 0 Å². The van der Waals surface area contributed by atoms with Crippen LogP contribution in [0.2, 0.25) is 0 Å². The molecule has 0 unspecified atom stereocenters. The second-order valence-electron chi connectivity index (χ2n) is 12.5. The molecule has 0 saturated heterocycles. The molecule has 0 saturated carbocycles. The van der Waals surface area contributed by atoms with Crippen LogP contribution in [0.15, 0.2) is 167 Å². The first-order chi connectivity index (χ1) is 23.8. The number of aromatic nitrogens is 2. The van der Waals surface area contributed by atoms with Crippen LogP contribution < -0.4 is 0 Å². The van der Waals surface area contributed by atoms with Crippen LogP contribution in [-0.4, -0.2) is 9.13 Å². The number of benzene rings is 7. The summed E-state index contributed by atoms with van der Waals surface area (Å²) in [5.74, 6) is 0. The lowest BCUT2D eigenvalue weighted by atomic mass is 9.97. The molecule has 4 heteroatoms. The summed E-state index contributed by atoms with van der Waals surface area (Å²) in [5, 5.41) is 8.03. The van der Waals surface area contributed by atoms with Gasteiger partial charge in [0.15, 0.2) is 5.58 Å². The molecule has 0 atom stereocenters. The summed E-state index contributed by atoms with van der Waals surface area (Å²) in [6.45, 7) is 0. The first-order valence-electron chi connectivity index (χ1n) is 16.3. The van der Waals surface area contributed by atoms with Gasteiger partial charge in [0.2, 0.25) is 5.71 Å². The Hall–Kier alpha value is -6.52. The summed E-state index contributed by atoms with van der Waals surface area (Å²) in [4.78, 5) is 0. The highest BCUT2D eigenvalue weighted by Crippen LogP contribution is 2.45. The van der Waals surface area contributed by atoms with Crippen LogP contribution >= 0.6 is 0 Å². The van der Waals surface area contributed by atoms with Crippen molar-refractivity contribution in [3.05, 3.63) is 158 Å². The highest BCUT2D eigenvalue weighted by molar-refractivity contribution is 6.22. The summed E-state index contributed by atoms with van der Waals surface area (Å²) < 4.78 is 18.0. The summed E-state index contributed by atoms with van der Waals surface area (Å²) in [6.07, 6.45) is 0. The highest BCUT2D eigenvalue weighted by Gasteiger charge is 2.24. The Bertz CT molecular complexity index is 3060. The molecule has 0 aliphatic heterocycles. The molecule has 11 rings (SSSR count). The predicted octanol–water partition coefficient (Wildman–Crippen LogP) is 12.2. The first kappa shape index (κ1) is 25.6. The van der Waals surface area contributed by atoms with E-state index in [1.807, 2.05) is 18.2 Å². The topological polar surface area (TPSA) is 36.1 Å². The fourth-order valence-corrected chi connectivity index (χ4v) is 7.91. The minimum absolute atomic E-state index is 0.821. The SMILES string of the molecule is c1ccc(-n2c3ccccc3c3cc(-c4ccc(-n5c6ccccc6c6c7ccccc7oc65)c5oc6ccccc6c45)ccc32)cc1. The van der Waals surface area contributed by atoms with Gasteiger partial charge in [-0.3, -0.25) is 4.57 Å². The summed E-state index contributed by atoms with van der Waals surface area (Å²) in [5.41, 5.74) is 11.2. The number of nitrogens with zero attached hydrogens (tertiary/aromatic N) is 2. The van der Waals surface area contributed by atoms with E-state index in [1.165, 1.54) is 21.8 Å². The average molecular weight is 615 g/mol. The molecule has 4 heterocycles. The fourth-order valence-electron chi connectivity index (χ4n) is 7.91. The number of fused-ring (bicyclic) bond motifs is 11. The average Bonchev–Trinajstić information content (AvgIpc) is 3.89. The number of furan rings is 2. The summed E-state index contributed by atoms with van der Waals surface area (Å²) in [6, 6.07) is 55.7. The molecule has 0 aliphatic rings. The second kappa shape index (κ2) is 9.50. The Kier molecular flexibility index (Phi) is 5.08. The van der Waals surface area contributed by atoms with Crippen molar-refractivity contribution in [3.63, 3.8) is 0 Å². The maximum Gasteiger partial charge on any atom is 0.213 e. The smallest absolute Gasteiger partial charge is 0.213 e. The fraction of sp³-hybridized carbons (Fsp3) is 0. The van der Waals surface area contributed by atoms with Crippen LogP contribution in [-0.2, 0) is 0 Å². The van der Waals surface area contributed by atoms with Gasteiger partial charge < -0.3 is 13.4 Å². The number of para-hydroxylation sites is 5. The van der Waals surface area contributed by atoms with Crippen molar-refractivity contribution in [2.45, 2.75) is 0 Å². The van der Waals surface area contributed by atoms with Gasteiger partial charge in [0, 0.05) is 38.0 Å². The van der Waals surface area contributed by atoms with Crippen LogP contribution in [0.25, 0.3) is 99.2 Å². The lowest BCUT2D eigenvalue weighted by molar-refractivity contribution is 0.639. The molecule has 0 amide bonds. The molecule has 0 fully saturated rings. The molecule has 0 spiro atoms. The molecule has 0 bridgehead atoms. The van der Waals surface area contributed by atoms with E-state index in [9.17, 15) is 0 Å². The molecule has 48 heavy (non-hydrogen) atoms. The largest absolute Gasteiger partial charge is 0.454 e. The molecule has 7 aromatic carbocycles. The maximum absolute atomic E-state index is 6.79. The molecular formula is C44H26N2O2. The maximum atomic E-state index is 6.79. The van der Waals surface area contributed by atoms with E-state index >= 15 is 0 Å². The standard InChI is InChI=1S/C44H26N2O2/c1-2-12-28(13-3-1)45-35-18-8-4-14-30(35)34-26-27(22-24-37(34)45)29-23-25-38(43-41(29)32-16-6-10-20-39(32)47-43)46-36-19-9-5-15-31(36)42-33-17-7-11-21-40(33)48-44(42)46/h1-26H. The molecule has 4 aromatic heterocycles. The van der Waals surface area contributed by atoms with Gasteiger partial charge >= 0.3 is 0 Å². The van der Waals surface area contributed by atoms with Crippen LogP contribution in [0.4, 0.5) is 0 Å². The van der Waals surface area contributed by atoms with Gasteiger partial charge in [0.25, 0.3) is 0 Å². The van der Waals surface area contributed by atoms with Gasteiger partial charge in [-0.15, -0.1) is 0 Å². The zero-order valence-corrected chi connectivity index (χ0v) is 25.7. The lowest BCUT2D eigenvalue weighted by Gasteiger charge is -2.11. The van der Waals surface area contributed by atoms with Gasteiger partial charge in [0.1, 0.15) is 11.2 Å². The Morgan fingerprint density at radius 2 is 1.00 bits per heavy atom. The van der Waals surface area contributed by atoms with Gasteiger partial charge in [-0.25, -0.2) is 0 Å². The van der Waals surface area contributed by atoms with E-state index in [0.29, 0.717) is 0 Å². The molecular weight excluding hydrogens is 588 g/mol. The third-order valence-corrected chi connectivity index (χ3v) is 9.94. The molecule has 224 valence electrons. The molecule has 4 nitrogen and oxygen atoms in total. The van der Waals surface area contributed by atoms with Crippen molar-refractivity contribution in [3.8, 4) is 22.5 Å². The van der Waals surface area contributed by atoms with E-state index in [2.05, 4.69) is 149 Å². The van der Waals surface area contributed by atoms with Crippen LogP contribution in [0.3, 0.4) is 0 Å². The molecule has 0 radical (unpaired) electrons. The monoisotopic (exact) mass is 614 g/mol. The second-order valence-corrected chi connectivity index (χ2v) is 12.5. The lowest BCUT2D eigenvalue weighted by Crippen LogP contribution is -1.95. The van der Waals surface area contributed by atoms with E-state index < -0.39 is 0 Å². The van der Waals surface area contributed by atoms with E-state index in [0.717, 1.165) is 77.4 Å². The zero-order chi connectivity index (χ0) is 31.3. The minimum atomic E-state index is 0.821. The highest BCUT2D eigenvalue weighted by atomic mass is 16.3. The van der Waals surface area contributed by atoms with Gasteiger partial charge in [-0.2, -0.15) is 0 Å². The van der Waals surface area contributed by atoms with Crippen molar-refractivity contribution < 1.29 is 8.83 Å². The van der Waals surface area contributed by atoms with Gasteiger partial charge in [-0.05, 0) is 65.7 Å². The third-order valence-electron chi connectivity index (χ3n) is 9.94. The quantitative estimate of drug-likeness (QED) is 0.198. The Morgan fingerprint density at radius 1 is 0.396 bits per heavy atom. The molecule has 0 aliphatic carbocycles. The Labute approximate surface area is 274 Å². The normalized spacial score (nSPS) is 12.2. The zero-order valence-electron chi connectivity index (χ0n) is 25.7. The van der Waals surface area contributed by atoms with Crippen molar-refractivity contribution in [2.24, 2.45) is 0 Å². The van der Waals surface area contributed by atoms with Crippen molar-refractivity contribution >= 4 is 76.7 Å². The summed E-state index contributed by atoms with van der Waals surface area (Å²) >= 11 is 0. The predicted molar refractivity (Wildman–Crippen MR) is 198 cm³/mol. The van der Waals surface area contributed by atoms with Crippen LogP contribution in [0.5, 0.6) is 0 Å². The number of hydrogen-bond donors (Lipinski definition) is 0. The van der Waals surface area contributed by atoms with Crippen LogP contribution in [0.1, 0.15) is 0 Å². The van der Waals surface area contributed by atoms with Crippen LogP contribution in [0, 0.1) is 0 Å².